The van der Waals surface area contributed by atoms with Crippen LogP contribution < -0.4 is 5.32 Å². The summed E-state index contributed by atoms with van der Waals surface area (Å²) in [7, 11) is 0. The van der Waals surface area contributed by atoms with Crippen molar-refractivity contribution in [1.82, 2.24) is 5.32 Å². The fourth-order valence-electron chi connectivity index (χ4n) is 3.25. The van der Waals surface area contributed by atoms with Crippen LogP contribution in [0.15, 0.2) is 42.5 Å². The van der Waals surface area contributed by atoms with E-state index >= 15 is 0 Å². The average molecular weight is 323 g/mol. The topological polar surface area (TPSA) is 66.4 Å². The normalized spacial score (nSPS) is 19.7. The van der Waals surface area contributed by atoms with Crippen molar-refractivity contribution >= 4 is 22.6 Å². The third-order valence-corrected chi connectivity index (χ3v) is 4.63. The SMILES string of the molecule is Cc1ccc(C)c2c(C(O)/C=C/C3CCC(=O)NC3=O)cccc12. The fourth-order valence-corrected chi connectivity index (χ4v) is 3.25. The molecule has 4 heteroatoms. The Labute approximate surface area is 141 Å². The average Bonchev–Trinajstić information content (AvgIpc) is 2.57. The van der Waals surface area contributed by atoms with E-state index in [-0.39, 0.29) is 17.7 Å². The molecular formula is C20H21NO3. The van der Waals surface area contributed by atoms with E-state index < -0.39 is 6.10 Å². The Hall–Kier alpha value is -2.46. The van der Waals surface area contributed by atoms with Crippen LogP contribution in [0.25, 0.3) is 10.8 Å². The van der Waals surface area contributed by atoms with E-state index in [0.29, 0.717) is 12.8 Å². The molecule has 0 bridgehead atoms. The molecule has 1 heterocycles. The zero-order chi connectivity index (χ0) is 17.3. The van der Waals surface area contributed by atoms with Crippen molar-refractivity contribution in [3.63, 3.8) is 0 Å². The highest BCUT2D eigenvalue weighted by molar-refractivity contribution is 5.99. The minimum Gasteiger partial charge on any atom is -0.384 e. The molecule has 0 saturated carbocycles. The summed E-state index contributed by atoms with van der Waals surface area (Å²) in [5.41, 5.74) is 3.11. The van der Waals surface area contributed by atoms with Gasteiger partial charge in [0.2, 0.25) is 11.8 Å². The van der Waals surface area contributed by atoms with Crippen LogP contribution in [0.2, 0.25) is 0 Å². The van der Waals surface area contributed by atoms with Crippen molar-refractivity contribution in [3.05, 3.63) is 59.2 Å². The van der Waals surface area contributed by atoms with Crippen LogP contribution in [-0.4, -0.2) is 16.9 Å². The minimum atomic E-state index is -0.792. The Morgan fingerprint density at radius 1 is 1.17 bits per heavy atom. The first kappa shape index (κ1) is 16.4. The number of aryl methyl sites for hydroxylation is 2. The summed E-state index contributed by atoms with van der Waals surface area (Å²) in [6.07, 6.45) is 3.39. The molecule has 3 rings (SSSR count). The van der Waals surface area contributed by atoms with E-state index in [9.17, 15) is 14.7 Å². The smallest absolute Gasteiger partial charge is 0.233 e. The van der Waals surface area contributed by atoms with Crippen LogP contribution in [0, 0.1) is 19.8 Å². The Balaban J connectivity index is 1.91. The standard InChI is InChI=1S/C20H21NO3/c1-12-6-7-13(2)19-15(12)4-3-5-16(19)17(22)10-8-14-9-11-18(23)21-20(14)24/h3-8,10,14,17,22H,9,11H2,1-2H3,(H,21,23,24)/b10-8+. The quantitative estimate of drug-likeness (QED) is 0.674. The van der Waals surface area contributed by atoms with Crippen LogP contribution in [0.5, 0.6) is 0 Å². The van der Waals surface area contributed by atoms with E-state index in [1.165, 1.54) is 5.56 Å². The molecule has 2 aromatic rings. The number of carbonyl (C=O) groups is 2. The molecule has 1 saturated heterocycles. The summed E-state index contributed by atoms with van der Waals surface area (Å²) in [6, 6.07) is 10.0. The zero-order valence-electron chi connectivity index (χ0n) is 13.9. The first-order valence-corrected chi connectivity index (χ1v) is 8.16. The van der Waals surface area contributed by atoms with Crippen LogP contribution >= 0.6 is 0 Å². The second-order valence-electron chi connectivity index (χ2n) is 6.36. The van der Waals surface area contributed by atoms with E-state index in [1.807, 2.05) is 19.1 Å². The van der Waals surface area contributed by atoms with Crippen LogP contribution in [0.3, 0.4) is 0 Å². The van der Waals surface area contributed by atoms with Crippen LogP contribution in [-0.2, 0) is 9.59 Å². The second-order valence-corrected chi connectivity index (χ2v) is 6.36. The summed E-state index contributed by atoms with van der Waals surface area (Å²) in [5, 5.41) is 15.1. The summed E-state index contributed by atoms with van der Waals surface area (Å²) >= 11 is 0. The minimum absolute atomic E-state index is 0.231. The van der Waals surface area contributed by atoms with Crippen molar-refractivity contribution in [2.45, 2.75) is 32.8 Å². The summed E-state index contributed by atoms with van der Waals surface area (Å²) in [4.78, 5) is 23.0. The molecule has 2 amide bonds. The predicted octanol–water partition coefficient (Wildman–Crippen LogP) is 3.10. The molecule has 1 fully saturated rings. The zero-order valence-corrected chi connectivity index (χ0v) is 13.9. The molecule has 0 aromatic heterocycles. The van der Waals surface area contributed by atoms with Crippen molar-refractivity contribution in [1.29, 1.82) is 0 Å². The first-order chi connectivity index (χ1) is 11.5. The number of nitrogens with one attached hydrogen (secondary N) is 1. The number of imide groups is 1. The van der Waals surface area contributed by atoms with Gasteiger partial charge in [-0.1, -0.05) is 42.5 Å². The van der Waals surface area contributed by atoms with Gasteiger partial charge in [0.15, 0.2) is 0 Å². The molecule has 2 atom stereocenters. The number of hydrogen-bond donors (Lipinski definition) is 2. The second kappa shape index (κ2) is 6.57. The molecule has 2 N–H and O–H groups in total. The van der Waals surface area contributed by atoms with Crippen LogP contribution in [0.4, 0.5) is 0 Å². The number of rotatable bonds is 3. The van der Waals surface area contributed by atoms with Gasteiger partial charge in [-0.3, -0.25) is 14.9 Å². The van der Waals surface area contributed by atoms with Crippen LogP contribution in [0.1, 0.15) is 35.6 Å². The maximum atomic E-state index is 11.8. The van der Waals surface area contributed by atoms with E-state index in [0.717, 1.165) is 21.9 Å². The highest BCUT2D eigenvalue weighted by Crippen LogP contribution is 2.30. The van der Waals surface area contributed by atoms with Gasteiger partial charge in [0, 0.05) is 6.42 Å². The maximum absolute atomic E-state index is 11.8. The number of benzene rings is 2. The highest BCUT2D eigenvalue weighted by Gasteiger charge is 2.24. The van der Waals surface area contributed by atoms with Gasteiger partial charge in [0.25, 0.3) is 0 Å². The van der Waals surface area contributed by atoms with Crippen molar-refractivity contribution in [3.8, 4) is 0 Å². The molecule has 1 aliphatic rings. The third kappa shape index (κ3) is 3.10. The Morgan fingerprint density at radius 2 is 1.92 bits per heavy atom. The van der Waals surface area contributed by atoms with Gasteiger partial charge in [-0.05, 0) is 47.7 Å². The molecule has 0 spiro atoms. The van der Waals surface area contributed by atoms with E-state index in [1.54, 1.807) is 12.2 Å². The lowest BCUT2D eigenvalue weighted by atomic mass is 9.92. The van der Waals surface area contributed by atoms with Gasteiger partial charge in [0.1, 0.15) is 0 Å². The summed E-state index contributed by atoms with van der Waals surface area (Å²) in [6.45, 7) is 4.08. The molecule has 24 heavy (non-hydrogen) atoms. The molecule has 2 unspecified atom stereocenters. The Morgan fingerprint density at radius 3 is 2.67 bits per heavy atom. The fraction of sp³-hybridized carbons (Fsp3) is 0.300. The summed E-state index contributed by atoms with van der Waals surface area (Å²) < 4.78 is 0. The lowest BCUT2D eigenvalue weighted by molar-refractivity contribution is -0.135. The van der Waals surface area contributed by atoms with Crippen molar-refractivity contribution < 1.29 is 14.7 Å². The molecule has 124 valence electrons. The number of piperidine rings is 1. The van der Waals surface area contributed by atoms with E-state index in [2.05, 4.69) is 30.4 Å². The van der Waals surface area contributed by atoms with Gasteiger partial charge >= 0.3 is 0 Å². The molecule has 0 aliphatic carbocycles. The lowest BCUT2D eigenvalue weighted by Gasteiger charge is -2.18. The predicted molar refractivity (Wildman–Crippen MR) is 93.4 cm³/mol. The number of fused-ring (bicyclic) bond motifs is 1. The van der Waals surface area contributed by atoms with Gasteiger partial charge < -0.3 is 5.11 Å². The molecule has 4 nitrogen and oxygen atoms in total. The monoisotopic (exact) mass is 323 g/mol. The van der Waals surface area contributed by atoms with Crippen molar-refractivity contribution in [2.24, 2.45) is 5.92 Å². The van der Waals surface area contributed by atoms with Crippen molar-refractivity contribution in [2.75, 3.05) is 0 Å². The highest BCUT2D eigenvalue weighted by atomic mass is 16.3. The molecular weight excluding hydrogens is 302 g/mol. The number of hydrogen-bond acceptors (Lipinski definition) is 3. The van der Waals surface area contributed by atoms with Gasteiger partial charge in [-0.25, -0.2) is 0 Å². The van der Waals surface area contributed by atoms with E-state index in [4.69, 9.17) is 0 Å². The molecule has 2 aromatic carbocycles. The Bertz CT molecular complexity index is 838. The first-order valence-electron chi connectivity index (χ1n) is 8.16. The van der Waals surface area contributed by atoms with Gasteiger partial charge in [-0.2, -0.15) is 0 Å². The third-order valence-electron chi connectivity index (χ3n) is 4.63. The largest absolute Gasteiger partial charge is 0.384 e. The maximum Gasteiger partial charge on any atom is 0.233 e. The number of carbonyl (C=O) groups excluding carboxylic acids is 2. The Kier molecular flexibility index (Phi) is 4.49. The molecule has 0 radical (unpaired) electrons. The summed E-state index contributed by atoms with van der Waals surface area (Å²) in [5.74, 6) is -0.889. The number of amides is 2. The van der Waals surface area contributed by atoms with Gasteiger partial charge in [-0.15, -0.1) is 0 Å². The van der Waals surface area contributed by atoms with Gasteiger partial charge in [0.05, 0.1) is 12.0 Å². The number of aliphatic hydroxyl groups is 1. The lowest BCUT2D eigenvalue weighted by Crippen LogP contribution is -2.39. The molecule has 1 aliphatic heterocycles. The number of aliphatic hydroxyl groups excluding tert-OH is 1.